The Hall–Kier alpha value is -4.07. The fourth-order valence-electron chi connectivity index (χ4n) is 5.23. The smallest absolute Gasteiger partial charge is 0.358 e. The Labute approximate surface area is 227 Å². The van der Waals surface area contributed by atoms with Gasteiger partial charge in [0, 0.05) is 30.9 Å². The molecule has 2 aliphatic rings. The maximum atomic E-state index is 13.2. The van der Waals surface area contributed by atoms with Crippen LogP contribution in [0.2, 0.25) is 0 Å². The molecule has 0 radical (unpaired) electrons. The van der Waals surface area contributed by atoms with E-state index in [0.717, 1.165) is 30.5 Å². The summed E-state index contributed by atoms with van der Waals surface area (Å²) >= 11 is 0. The highest BCUT2D eigenvalue weighted by atomic mass is 19.1. The second kappa shape index (κ2) is 11.4. The lowest BCUT2D eigenvalue weighted by atomic mass is 9.89. The first-order chi connectivity index (χ1) is 18.8. The Bertz CT molecular complexity index is 1350. The number of amides is 2. The van der Waals surface area contributed by atoms with E-state index in [-0.39, 0.29) is 46.8 Å². The highest BCUT2D eigenvalue weighted by Gasteiger charge is 2.43. The largest absolute Gasteiger partial charge is 0.458 e. The molecule has 202 valence electrons. The molecule has 2 unspecified atom stereocenters. The van der Waals surface area contributed by atoms with Crippen LogP contribution in [0.25, 0.3) is 0 Å². The van der Waals surface area contributed by atoms with Crippen LogP contribution < -0.4 is 5.32 Å². The molecule has 2 aromatic carbocycles. The maximum absolute atomic E-state index is 13.2. The van der Waals surface area contributed by atoms with Gasteiger partial charge in [0.2, 0.25) is 5.91 Å². The van der Waals surface area contributed by atoms with Gasteiger partial charge in [-0.2, -0.15) is 0 Å². The van der Waals surface area contributed by atoms with Gasteiger partial charge in [-0.15, -0.1) is 0 Å². The number of piperidine rings is 1. The summed E-state index contributed by atoms with van der Waals surface area (Å²) in [5, 5.41) is 3.00. The van der Waals surface area contributed by atoms with E-state index in [1.165, 1.54) is 23.9 Å². The molecule has 2 heterocycles. The number of ether oxygens (including phenoxy) is 1. The van der Waals surface area contributed by atoms with Crippen LogP contribution in [0.4, 0.5) is 10.1 Å². The van der Waals surface area contributed by atoms with E-state index in [9.17, 15) is 18.8 Å². The zero-order valence-electron chi connectivity index (χ0n) is 22.1. The first-order valence-corrected chi connectivity index (χ1v) is 13.4. The molecular weight excluding hydrogens is 497 g/mol. The lowest BCUT2D eigenvalue weighted by molar-refractivity contribution is -0.117. The van der Waals surface area contributed by atoms with Crippen molar-refractivity contribution >= 4 is 23.5 Å². The number of pyridine rings is 1. The molecule has 8 heteroatoms. The minimum atomic E-state index is -0.594. The van der Waals surface area contributed by atoms with Gasteiger partial charge in [0.15, 0.2) is 5.69 Å². The Morgan fingerprint density at radius 1 is 0.974 bits per heavy atom. The highest BCUT2D eigenvalue weighted by molar-refractivity contribution is 6.04. The molecule has 1 saturated heterocycles. The van der Waals surface area contributed by atoms with Crippen molar-refractivity contribution < 1.29 is 23.5 Å². The van der Waals surface area contributed by atoms with Crippen LogP contribution in [-0.2, 0) is 9.53 Å². The second-order valence-corrected chi connectivity index (χ2v) is 10.5. The molecule has 1 aliphatic heterocycles. The normalized spacial score (nSPS) is 19.0. The molecule has 2 amide bonds. The minimum Gasteiger partial charge on any atom is -0.458 e. The lowest BCUT2D eigenvalue weighted by Gasteiger charge is -2.32. The van der Waals surface area contributed by atoms with Crippen LogP contribution in [0.3, 0.4) is 0 Å². The monoisotopic (exact) mass is 529 g/mol. The predicted octanol–water partition coefficient (Wildman–Crippen LogP) is 5.55. The van der Waals surface area contributed by atoms with E-state index >= 15 is 0 Å². The molecule has 2 atom stereocenters. The summed E-state index contributed by atoms with van der Waals surface area (Å²) in [6.45, 7) is 4.66. The summed E-state index contributed by atoms with van der Waals surface area (Å²) < 4.78 is 18.4. The molecule has 1 aliphatic carbocycles. The third-order valence-electron chi connectivity index (χ3n) is 7.43. The van der Waals surface area contributed by atoms with Crippen molar-refractivity contribution in [1.29, 1.82) is 0 Å². The Morgan fingerprint density at radius 2 is 1.64 bits per heavy atom. The minimum absolute atomic E-state index is 0.0176. The summed E-state index contributed by atoms with van der Waals surface area (Å²) in [7, 11) is 0. The number of hydrogen-bond acceptors (Lipinski definition) is 5. The summed E-state index contributed by atoms with van der Waals surface area (Å²) in [5.41, 5.74) is 3.22. The molecule has 1 N–H and O–H groups in total. The molecule has 0 spiro atoms. The molecule has 3 aromatic rings. The summed E-state index contributed by atoms with van der Waals surface area (Å²) in [5.74, 6) is -0.756. The summed E-state index contributed by atoms with van der Waals surface area (Å²) in [6, 6.07) is 17.5. The van der Waals surface area contributed by atoms with Gasteiger partial charge >= 0.3 is 5.97 Å². The highest BCUT2D eigenvalue weighted by Crippen LogP contribution is 2.48. The van der Waals surface area contributed by atoms with Gasteiger partial charge in [-0.3, -0.25) is 9.59 Å². The number of likely N-dealkylation sites (tertiary alicyclic amines) is 1. The van der Waals surface area contributed by atoms with Gasteiger partial charge in [0.1, 0.15) is 5.82 Å². The molecule has 1 aromatic heterocycles. The van der Waals surface area contributed by atoms with Crippen LogP contribution in [0, 0.1) is 11.7 Å². The van der Waals surface area contributed by atoms with Crippen molar-refractivity contribution in [2.24, 2.45) is 5.92 Å². The van der Waals surface area contributed by atoms with Crippen molar-refractivity contribution in [3.63, 3.8) is 0 Å². The van der Waals surface area contributed by atoms with Gasteiger partial charge in [-0.1, -0.05) is 24.3 Å². The third-order valence-corrected chi connectivity index (χ3v) is 7.43. The van der Waals surface area contributed by atoms with E-state index in [0.29, 0.717) is 19.0 Å². The van der Waals surface area contributed by atoms with Gasteiger partial charge < -0.3 is 15.0 Å². The van der Waals surface area contributed by atoms with Gasteiger partial charge in [0.05, 0.1) is 11.7 Å². The first-order valence-electron chi connectivity index (χ1n) is 13.4. The number of benzene rings is 2. The summed E-state index contributed by atoms with van der Waals surface area (Å²) in [6.07, 6.45) is 3.55. The molecule has 39 heavy (non-hydrogen) atoms. The topological polar surface area (TPSA) is 88.6 Å². The van der Waals surface area contributed by atoms with Crippen LogP contribution in [-0.4, -0.2) is 46.9 Å². The SMILES string of the molecule is CC(C)OC(=O)c1ncccc1C(=O)N1CCC(c2ccc(NC(=O)C3CC3c3ccc(F)cc3)cc2)CC1. The predicted molar refractivity (Wildman–Crippen MR) is 145 cm³/mol. The van der Waals surface area contributed by atoms with E-state index < -0.39 is 5.97 Å². The number of hydrogen-bond donors (Lipinski definition) is 1. The first kappa shape index (κ1) is 26.5. The third kappa shape index (κ3) is 6.16. The van der Waals surface area contributed by atoms with Crippen LogP contribution in [0.1, 0.15) is 76.9 Å². The van der Waals surface area contributed by atoms with Crippen molar-refractivity contribution in [2.75, 3.05) is 18.4 Å². The molecule has 0 bridgehead atoms. The molecule has 7 nitrogen and oxygen atoms in total. The van der Waals surface area contributed by atoms with E-state index in [1.54, 1.807) is 43.0 Å². The molecule has 1 saturated carbocycles. The molecular formula is C31H32FN3O4. The van der Waals surface area contributed by atoms with E-state index in [1.807, 2.05) is 24.3 Å². The van der Waals surface area contributed by atoms with Gasteiger partial charge in [-0.25, -0.2) is 14.2 Å². The molecule has 2 fully saturated rings. The van der Waals surface area contributed by atoms with E-state index in [2.05, 4.69) is 10.3 Å². The average molecular weight is 530 g/mol. The van der Waals surface area contributed by atoms with Crippen molar-refractivity contribution in [1.82, 2.24) is 9.88 Å². The van der Waals surface area contributed by atoms with Crippen molar-refractivity contribution in [2.45, 2.75) is 51.0 Å². The fraction of sp³-hybridized carbons (Fsp3) is 0.355. The fourth-order valence-corrected chi connectivity index (χ4v) is 5.23. The average Bonchev–Trinajstić information content (AvgIpc) is 3.75. The number of carbonyl (C=O) groups is 3. The van der Waals surface area contributed by atoms with Crippen molar-refractivity contribution in [3.8, 4) is 0 Å². The van der Waals surface area contributed by atoms with Crippen LogP contribution >= 0.6 is 0 Å². The Balaban J connectivity index is 1.14. The number of esters is 1. The second-order valence-electron chi connectivity index (χ2n) is 10.5. The standard InChI is InChI=1S/C31H32FN3O4/c1-19(2)39-31(38)28-25(4-3-15-33-28)30(37)35-16-13-21(14-17-35)20-7-11-24(12-8-20)34-29(36)27-18-26(27)22-5-9-23(32)10-6-22/h3-12,15,19,21,26-27H,13-14,16-18H2,1-2H3,(H,34,36). The lowest BCUT2D eigenvalue weighted by Crippen LogP contribution is -2.38. The van der Waals surface area contributed by atoms with E-state index in [4.69, 9.17) is 4.74 Å². The number of rotatable bonds is 7. The quantitative estimate of drug-likeness (QED) is 0.406. The van der Waals surface area contributed by atoms with Crippen LogP contribution in [0.15, 0.2) is 66.9 Å². The zero-order chi connectivity index (χ0) is 27.5. The Kier molecular flexibility index (Phi) is 7.72. The number of nitrogens with one attached hydrogen (secondary N) is 1. The number of carbonyl (C=O) groups excluding carboxylic acids is 3. The van der Waals surface area contributed by atoms with Gasteiger partial charge in [0.25, 0.3) is 5.91 Å². The van der Waals surface area contributed by atoms with Gasteiger partial charge in [-0.05, 0) is 92.5 Å². The maximum Gasteiger partial charge on any atom is 0.358 e. The number of anilines is 1. The summed E-state index contributed by atoms with van der Waals surface area (Å²) in [4.78, 5) is 44.2. The molecule has 5 rings (SSSR count). The Morgan fingerprint density at radius 3 is 2.31 bits per heavy atom. The van der Waals surface area contributed by atoms with Crippen LogP contribution in [0.5, 0.6) is 0 Å². The number of aromatic nitrogens is 1. The zero-order valence-corrected chi connectivity index (χ0v) is 22.1. The van der Waals surface area contributed by atoms with Crippen molar-refractivity contribution in [3.05, 3.63) is 95.1 Å². The number of halogens is 1. The number of nitrogens with zero attached hydrogens (tertiary/aromatic N) is 2.